The first-order valence-corrected chi connectivity index (χ1v) is 7.14. The Bertz CT molecular complexity index is 843. The lowest BCUT2D eigenvalue weighted by Gasteiger charge is -1.96. The highest BCUT2D eigenvalue weighted by Crippen LogP contribution is 2.25. The first kappa shape index (κ1) is 14.6. The molecule has 0 aliphatic heterocycles. The van der Waals surface area contributed by atoms with Gasteiger partial charge in [-0.25, -0.2) is 0 Å². The molecule has 0 atom stereocenters. The van der Waals surface area contributed by atoms with Crippen LogP contribution in [-0.4, -0.2) is 15.2 Å². The molecule has 2 aromatic carbocycles. The van der Waals surface area contributed by atoms with Gasteiger partial charge in [-0.05, 0) is 35.9 Å². The lowest BCUT2D eigenvalue weighted by atomic mass is 10.2. The van der Waals surface area contributed by atoms with Crippen molar-refractivity contribution in [2.75, 3.05) is 0 Å². The number of aromatic nitrogens is 2. The maximum Gasteiger partial charge on any atom is 0.269 e. The summed E-state index contributed by atoms with van der Waals surface area (Å²) in [5.41, 5.74) is 1.47. The largest absolute Gasteiger partial charge is 0.508 e. The predicted molar refractivity (Wildman–Crippen MR) is 86.6 cm³/mol. The van der Waals surface area contributed by atoms with E-state index in [0.717, 1.165) is 11.1 Å². The van der Waals surface area contributed by atoms with Crippen molar-refractivity contribution in [2.45, 2.75) is 0 Å². The molecule has 0 saturated heterocycles. The van der Waals surface area contributed by atoms with Crippen LogP contribution in [0.25, 0.3) is 22.5 Å². The number of aromatic hydroxyl groups is 1. The number of benzene rings is 2. The fourth-order valence-electron chi connectivity index (χ4n) is 1.89. The van der Waals surface area contributed by atoms with Crippen LogP contribution in [-0.2, 0) is 0 Å². The molecule has 1 heterocycles. The van der Waals surface area contributed by atoms with Gasteiger partial charge in [0.2, 0.25) is 5.82 Å². The Kier molecular flexibility index (Phi) is 4.13. The van der Waals surface area contributed by atoms with Crippen molar-refractivity contribution in [2.24, 2.45) is 0 Å². The monoisotopic (exact) mass is 332 g/mol. The van der Waals surface area contributed by atoms with Gasteiger partial charge in [-0.3, -0.25) is 0 Å². The molecule has 4 nitrogen and oxygen atoms in total. The molecule has 1 aromatic heterocycles. The molecular formula is C16H10Cl2N2O2. The van der Waals surface area contributed by atoms with E-state index in [-0.39, 0.29) is 16.7 Å². The summed E-state index contributed by atoms with van der Waals surface area (Å²) in [6.07, 6.45) is 1.64. The number of phenolic OH excluding ortho intramolecular Hbond substituents is 1. The first-order chi connectivity index (χ1) is 10.6. The molecule has 3 rings (SSSR count). The molecule has 0 fully saturated rings. The molecule has 0 unspecified atom stereocenters. The zero-order valence-corrected chi connectivity index (χ0v) is 12.7. The smallest absolute Gasteiger partial charge is 0.269 e. The van der Waals surface area contributed by atoms with Crippen LogP contribution in [0.3, 0.4) is 0 Å². The average molecular weight is 333 g/mol. The molecule has 0 aliphatic carbocycles. The normalized spacial score (nSPS) is 11.6. The van der Waals surface area contributed by atoms with E-state index in [9.17, 15) is 5.11 Å². The standard InChI is InChI=1S/C16H10Cl2N2O2/c17-12-5-2-4-11(9-12)15-19-16(22-20-15)14(18)8-10-3-1-6-13(21)7-10/h1-9,21H/b14-8-. The quantitative estimate of drug-likeness (QED) is 0.746. The molecule has 22 heavy (non-hydrogen) atoms. The third-order valence-corrected chi connectivity index (χ3v) is 3.38. The molecule has 0 aliphatic rings. The van der Waals surface area contributed by atoms with Crippen LogP contribution >= 0.6 is 23.2 Å². The lowest BCUT2D eigenvalue weighted by Crippen LogP contribution is -1.82. The summed E-state index contributed by atoms with van der Waals surface area (Å²) in [5, 5.41) is 14.2. The van der Waals surface area contributed by atoms with Gasteiger partial charge in [0, 0.05) is 10.6 Å². The summed E-state index contributed by atoms with van der Waals surface area (Å²) in [4.78, 5) is 4.24. The van der Waals surface area contributed by atoms with Crippen molar-refractivity contribution >= 4 is 34.3 Å². The highest BCUT2D eigenvalue weighted by atomic mass is 35.5. The van der Waals surface area contributed by atoms with Crippen LogP contribution in [0.5, 0.6) is 5.75 Å². The Labute approximate surface area is 136 Å². The minimum Gasteiger partial charge on any atom is -0.508 e. The molecule has 110 valence electrons. The van der Waals surface area contributed by atoms with Crippen LogP contribution < -0.4 is 0 Å². The molecule has 3 aromatic rings. The van der Waals surface area contributed by atoms with Crippen molar-refractivity contribution in [1.29, 1.82) is 0 Å². The molecule has 0 bridgehead atoms. The molecule has 0 spiro atoms. The van der Waals surface area contributed by atoms with Crippen LogP contribution in [0.2, 0.25) is 5.02 Å². The summed E-state index contributed by atoms with van der Waals surface area (Å²) in [6.45, 7) is 0. The minimum absolute atomic E-state index is 0.156. The van der Waals surface area contributed by atoms with E-state index < -0.39 is 0 Å². The van der Waals surface area contributed by atoms with Crippen LogP contribution in [0.15, 0.2) is 53.1 Å². The van der Waals surface area contributed by atoms with Gasteiger partial charge in [0.15, 0.2) is 0 Å². The summed E-state index contributed by atoms with van der Waals surface area (Å²) >= 11 is 12.1. The van der Waals surface area contributed by atoms with Crippen molar-refractivity contribution < 1.29 is 9.63 Å². The van der Waals surface area contributed by atoms with Crippen molar-refractivity contribution in [3.05, 3.63) is 65.0 Å². The number of phenols is 1. The van der Waals surface area contributed by atoms with E-state index in [1.54, 1.807) is 48.5 Å². The van der Waals surface area contributed by atoms with E-state index in [1.165, 1.54) is 0 Å². The highest BCUT2D eigenvalue weighted by Gasteiger charge is 2.11. The third kappa shape index (κ3) is 3.30. The van der Waals surface area contributed by atoms with E-state index in [4.69, 9.17) is 27.7 Å². The zero-order valence-electron chi connectivity index (χ0n) is 11.2. The van der Waals surface area contributed by atoms with Crippen LogP contribution in [0.1, 0.15) is 11.5 Å². The molecule has 0 amide bonds. The van der Waals surface area contributed by atoms with Crippen molar-refractivity contribution in [1.82, 2.24) is 10.1 Å². The lowest BCUT2D eigenvalue weighted by molar-refractivity contribution is 0.410. The van der Waals surface area contributed by atoms with Crippen LogP contribution in [0, 0.1) is 0 Å². The topological polar surface area (TPSA) is 59.2 Å². The summed E-state index contributed by atoms with van der Waals surface area (Å²) in [7, 11) is 0. The Hall–Kier alpha value is -2.30. The Morgan fingerprint density at radius 2 is 1.95 bits per heavy atom. The van der Waals surface area contributed by atoms with Crippen molar-refractivity contribution in [3.63, 3.8) is 0 Å². The average Bonchev–Trinajstić information content (AvgIpc) is 2.97. The number of hydrogen-bond donors (Lipinski definition) is 1. The molecule has 1 N–H and O–H groups in total. The van der Waals surface area contributed by atoms with Gasteiger partial charge in [0.25, 0.3) is 5.89 Å². The molecule has 0 saturated carbocycles. The Balaban J connectivity index is 1.90. The molecular weight excluding hydrogens is 323 g/mol. The van der Waals surface area contributed by atoms with Gasteiger partial charge in [-0.1, -0.05) is 52.6 Å². The Morgan fingerprint density at radius 1 is 1.14 bits per heavy atom. The fourth-order valence-corrected chi connectivity index (χ4v) is 2.28. The summed E-state index contributed by atoms with van der Waals surface area (Å²) < 4.78 is 5.16. The van der Waals surface area contributed by atoms with Gasteiger partial charge in [-0.2, -0.15) is 4.98 Å². The highest BCUT2D eigenvalue weighted by molar-refractivity contribution is 6.50. The fraction of sp³-hybridized carbons (Fsp3) is 0. The first-order valence-electron chi connectivity index (χ1n) is 6.38. The van der Waals surface area contributed by atoms with E-state index in [2.05, 4.69) is 10.1 Å². The van der Waals surface area contributed by atoms with E-state index in [0.29, 0.717) is 10.8 Å². The maximum atomic E-state index is 9.44. The number of halogens is 2. The van der Waals surface area contributed by atoms with E-state index in [1.807, 2.05) is 6.07 Å². The second-order valence-corrected chi connectivity index (χ2v) is 5.36. The SMILES string of the molecule is Oc1cccc(/C=C(\Cl)c2nc(-c3cccc(Cl)c3)no2)c1. The van der Waals surface area contributed by atoms with E-state index >= 15 is 0 Å². The molecule has 0 radical (unpaired) electrons. The summed E-state index contributed by atoms with van der Waals surface area (Å²) in [6, 6.07) is 13.8. The van der Waals surface area contributed by atoms with Gasteiger partial charge < -0.3 is 9.63 Å². The van der Waals surface area contributed by atoms with Crippen molar-refractivity contribution in [3.8, 4) is 17.1 Å². The molecule has 6 heteroatoms. The number of nitrogens with zero attached hydrogens (tertiary/aromatic N) is 2. The van der Waals surface area contributed by atoms with Gasteiger partial charge in [0.1, 0.15) is 10.8 Å². The third-order valence-electron chi connectivity index (χ3n) is 2.88. The minimum atomic E-state index is 0.156. The van der Waals surface area contributed by atoms with Crippen LogP contribution in [0.4, 0.5) is 0 Å². The second-order valence-electron chi connectivity index (χ2n) is 4.52. The van der Waals surface area contributed by atoms with Gasteiger partial charge >= 0.3 is 0 Å². The Morgan fingerprint density at radius 3 is 2.73 bits per heavy atom. The van der Waals surface area contributed by atoms with Gasteiger partial charge in [-0.15, -0.1) is 0 Å². The number of rotatable bonds is 3. The predicted octanol–water partition coefficient (Wildman–Crippen LogP) is 4.83. The summed E-state index contributed by atoms with van der Waals surface area (Å²) in [5.74, 6) is 0.753. The zero-order chi connectivity index (χ0) is 15.5. The van der Waals surface area contributed by atoms with Gasteiger partial charge in [0.05, 0.1) is 0 Å². The number of hydrogen-bond acceptors (Lipinski definition) is 4. The maximum absolute atomic E-state index is 9.44. The second kappa shape index (κ2) is 6.22.